The molecular weight excluding hydrogens is 340 g/mol. The molecule has 0 bridgehead atoms. The van der Waals surface area contributed by atoms with Crippen LogP contribution in [0.2, 0.25) is 0 Å². The second-order valence-corrected chi connectivity index (χ2v) is 11.3. The summed E-state index contributed by atoms with van der Waals surface area (Å²) in [6, 6.07) is 0. The Hall–Kier alpha value is -0.450. The van der Waals surface area contributed by atoms with Crippen LogP contribution in [0, 0.1) is 34.5 Å². The number of fused-ring (bicyclic) bond motifs is 5. The van der Waals surface area contributed by atoms with Crippen LogP contribution in [0.4, 0.5) is 0 Å². The maximum Gasteiger partial charge on any atom is 0.139 e. The van der Waals surface area contributed by atoms with Gasteiger partial charge in [0.25, 0.3) is 0 Å². The van der Waals surface area contributed by atoms with Crippen LogP contribution >= 0.6 is 0 Å². The van der Waals surface area contributed by atoms with Crippen molar-refractivity contribution in [2.45, 2.75) is 104 Å². The predicted molar refractivity (Wildman–Crippen MR) is 104 cm³/mol. The highest BCUT2D eigenvalue weighted by Gasteiger charge is 2.63. The second kappa shape index (κ2) is 6.53. The minimum Gasteiger partial charge on any atom is -0.393 e. The van der Waals surface area contributed by atoms with Crippen molar-refractivity contribution < 1.29 is 19.7 Å². The Bertz CT molecular complexity index is 596. The molecule has 4 rings (SSSR count). The Morgan fingerprint density at radius 3 is 2.48 bits per heavy atom. The van der Waals surface area contributed by atoms with Crippen molar-refractivity contribution in [1.29, 1.82) is 0 Å². The van der Waals surface area contributed by atoms with Crippen molar-refractivity contribution in [2.24, 2.45) is 34.5 Å². The first kappa shape index (κ1) is 19.8. The number of rotatable bonds is 2. The van der Waals surface area contributed by atoms with E-state index in [1.165, 1.54) is 6.42 Å². The number of aliphatic hydroxyl groups excluding tert-OH is 1. The molecule has 4 heteroatoms. The number of carbonyl (C=O) groups excluding carboxylic acids is 1. The fourth-order valence-electron chi connectivity index (χ4n) is 7.39. The van der Waals surface area contributed by atoms with E-state index < -0.39 is 0 Å². The molecule has 4 aliphatic carbocycles. The van der Waals surface area contributed by atoms with Gasteiger partial charge in [0.1, 0.15) is 11.9 Å². The summed E-state index contributed by atoms with van der Waals surface area (Å²) in [6.07, 6.45) is 7.51. The average molecular weight is 379 g/mol. The van der Waals surface area contributed by atoms with E-state index in [1.807, 2.05) is 20.8 Å². The number of ketones is 1. The van der Waals surface area contributed by atoms with E-state index in [0.29, 0.717) is 35.9 Å². The summed E-state index contributed by atoms with van der Waals surface area (Å²) in [5.41, 5.74) is -0.414. The van der Waals surface area contributed by atoms with Crippen LogP contribution < -0.4 is 0 Å². The quantitative estimate of drug-likeness (QED) is 0.560. The van der Waals surface area contributed by atoms with E-state index in [2.05, 4.69) is 13.8 Å². The normalized spacial score (nSPS) is 50.1. The molecule has 0 aliphatic heterocycles. The number of Topliss-reactive ketones (excluding diaryl/α,β-unsaturated/α-hetero) is 1. The molecular formula is C23H38O4. The average Bonchev–Trinajstić information content (AvgIpc) is 2.88. The number of hydrogen-bond donors (Lipinski definition) is 1. The molecule has 27 heavy (non-hydrogen) atoms. The van der Waals surface area contributed by atoms with Gasteiger partial charge in [0.2, 0.25) is 0 Å². The molecule has 0 aromatic rings. The fourth-order valence-corrected chi connectivity index (χ4v) is 7.39. The van der Waals surface area contributed by atoms with Crippen molar-refractivity contribution >= 4 is 5.78 Å². The highest BCUT2D eigenvalue weighted by atomic mass is 17.2. The first-order valence-electron chi connectivity index (χ1n) is 11.1. The van der Waals surface area contributed by atoms with Crippen LogP contribution in [-0.4, -0.2) is 28.7 Å². The Labute approximate surface area is 164 Å². The van der Waals surface area contributed by atoms with E-state index in [4.69, 9.17) is 9.78 Å². The van der Waals surface area contributed by atoms with Gasteiger partial charge in [-0.2, -0.15) is 0 Å². The third kappa shape index (κ3) is 3.11. The van der Waals surface area contributed by atoms with Gasteiger partial charge in [-0.15, -0.1) is 0 Å². The smallest absolute Gasteiger partial charge is 0.139 e. The number of carbonyl (C=O) groups is 1. The lowest BCUT2D eigenvalue weighted by molar-refractivity contribution is -0.406. The summed E-state index contributed by atoms with van der Waals surface area (Å²) in [5, 5.41) is 10.5. The molecule has 0 aromatic carbocycles. The second-order valence-electron chi connectivity index (χ2n) is 11.3. The summed E-state index contributed by atoms with van der Waals surface area (Å²) in [6.45, 7) is 10.7. The molecule has 1 N–H and O–H groups in total. The van der Waals surface area contributed by atoms with Crippen LogP contribution in [0.1, 0.15) is 86.0 Å². The van der Waals surface area contributed by atoms with Gasteiger partial charge in [-0.1, -0.05) is 13.8 Å². The Kier molecular flexibility index (Phi) is 4.80. The summed E-state index contributed by atoms with van der Waals surface area (Å²) in [4.78, 5) is 24.4. The van der Waals surface area contributed by atoms with E-state index in [-0.39, 0.29) is 28.6 Å². The van der Waals surface area contributed by atoms with E-state index in [9.17, 15) is 9.90 Å². The van der Waals surface area contributed by atoms with Crippen molar-refractivity contribution in [3.05, 3.63) is 0 Å². The lowest BCUT2D eigenvalue weighted by Crippen LogP contribution is -2.60. The molecule has 0 saturated heterocycles. The number of hydrogen-bond acceptors (Lipinski definition) is 4. The first-order chi connectivity index (χ1) is 12.6. The molecule has 4 aliphatic rings. The third-order valence-corrected chi connectivity index (χ3v) is 8.82. The SMILES string of the molecule is CC(C)(C)OOC1C[C@@H](O)C[C@H]2CC[C@@H]3[C@H](CC[C@]4(C)C(=O)CC[C@@H]34)[C@@]12C. The van der Waals surface area contributed by atoms with Crippen molar-refractivity contribution in [2.75, 3.05) is 0 Å². The molecule has 4 saturated carbocycles. The fraction of sp³-hybridized carbons (Fsp3) is 0.957. The highest BCUT2D eigenvalue weighted by molar-refractivity contribution is 5.87. The molecule has 0 aromatic heterocycles. The summed E-state index contributed by atoms with van der Waals surface area (Å²) in [7, 11) is 0. The monoisotopic (exact) mass is 378 g/mol. The third-order valence-electron chi connectivity index (χ3n) is 8.82. The van der Waals surface area contributed by atoms with Gasteiger partial charge in [0.05, 0.1) is 11.7 Å². The van der Waals surface area contributed by atoms with Crippen LogP contribution in [0.15, 0.2) is 0 Å². The van der Waals surface area contributed by atoms with Gasteiger partial charge in [0.15, 0.2) is 0 Å². The van der Waals surface area contributed by atoms with E-state index in [0.717, 1.165) is 38.5 Å². The summed E-state index contributed by atoms with van der Waals surface area (Å²) in [5.74, 6) is 2.71. The minimum atomic E-state index is -0.356. The summed E-state index contributed by atoms with van der Waals surface area (Å²) < 4.78 is 0. The molecule has 8 atom stereocenters. The van der Waals surface area contributed by atoms with Crippen LogP contribution in [-0.2, 0) is 14.6 Å². The standard InChI is InChI=1S/C23H38O4/c1-21(2,3)27-26-20-13-15(24)12-14-6-7-16-17-8-9-19(25)22(17,4)11-10-18(16)23(14,20)5/h14-18,20,24H,6-13H2,1-5H3/t14-,15+,16+,17+,18+,20?,22+,23+/m1/s1. The molecule has 1 unspecified atom stereocenters. The highest BCUT2D eigenvalue weighted by Crippen LogP contribution is 2.65. The summed E-state index contributed by atoms with van der Waals surface area (Å²) >= 11 is 0. The van der Waals surface area contributed by atoms with Crippen molar-refractivity contribution in [3.8, 4) is 0 Å². The lowest BCUT2D eigenvalue weighted by atomic mass is 9.44. The molecule has 154 valence electrons. The molecule has 4 nitrogen and oxygen atoms in total. The molecule has 0 heterocycles. The van der Waals surface area contributed by atoms with Gasteiger partial charge in [-0.05, 0) is 83.0 Å². The van der Waals surface area contributed by atoms with E-state index >= 15 is 0 Å². The predicted octanol–water partition coefficient (Wildman–Crippen LogP) is 4.68. The van der Waals surface area contributed by atoms with E-state index in [1.54, 1.807) is 0 Å². The Morgan fingerprint density at radius 1 is 1.04 bits per heavy atom. The molecule has 0 radical (unpaired) electrons. The van der Waals surface area contributed by atoms with Gasteiger partial charge < -0.3 is 5.11 Å². The molecule has 0 spiro atoms. The van der Waals surface area contributed by atoms with Crippen LogP contribution in [0.5, 0.6) is 0 Å². The number of aliphatic hydroxyl groups is 1. The molecule has 0 amide bonds. The lowest BCUT2D eigenvalue weighted by Gasteiger charge is -2.61. The van der Waals surface area contributed by atoms with Crippen LogP contribution in [0.25, 0.3) is 0 Å². The minimum absolute atomic E-state index is 0.0281. The molecule has 4 fully saturated rings. The topological polar surface area (TPSA) is 55.8 Å². The van der Waals surface area contributed by atoms with Gasteiger partial charge in [-0.3, -0.25) is 4.79 Å². The van der Waals surface area contributed by atoms with Crippen LogP contribution in [0.3, 0.4) is 0 Å². The largest absolute Gasteiger partial charge is 0.393 e. The van der Waals surface area contributed by atoms with Gasteiger partial charge in [-0.25, -0.2) is 9.78 Å². The maximum atomic E-state index is 12.6. The van der Waals surface area contributed by atoms with Crippen molar-refractivity contribution in [3.63, 3.8) is 0 Å². The maximum absolute atomic E-state index is 12.6. The Balaban J connectivity index is 1.63. The zero-order valence-corrected chi connectivity index (χ0v) is 17.8. The first-order valence-corrected chi connectivity index (χ1v) is 11.1. The van der Waals surface area contributed by atoms with Gasteiger partial charge in [0, 0.05) is 23.7 Å². The zero-order chi connectivity index (χ0) is 19.6. The Morgan fingerprint density at radius 2 is 1.78 bits per heavy atom. The van der Waals surface area contributed by atoms with Crippen molar-refractivity contribution in [1.82, 2.24) is 0 Å². The zero-order valence-electron chi connectivity index (χ0n) is 17.8. The van der Waals surface area contributed by atoms with Gasteiger partial charge >= 0.3 is 0 Å².